The highest BCUT2D eigenvalue weighted by atomic mass is 32.2. The van der Waals surface area contributed by atoms with E-state index in [0.717, 1.165) is 36.2 Å². The van der Waals surface area contributed by atoms with E-state index < -0.39 is 0 Å². The van der Waals surface area contributed by atoms with E-state index in [2.05, 4.69) is 41.4 Å². The Kier molecular flexibility index (Phi) is 8.70. The lowest BCUT2D eigenvalue weighted by Crippen LogP contribution is -2.50. The third-order valence-corrected chi connectivity index (χ3v) is 9.60. The highest BCUT2D eigenvalue weighted by Crippen LogP contribution is 2.42. The molecule has 5 heteroatoms. The van der Waals surface area contributed by atoms with Crippen LogP contribution in [0.15, 0.2) is 53.4 Å². The Hall–Kier alpha value is -2.53. The molecule has 2 aliphatic carbocycles. The minimum Gasteiger partial charge on any atom is -0.349 e. The van der Waals surface area contributed by atoms with Crippen molar-refractivity contribution in [3.05, 3.63) is 75.7 Å². The van der Waals surface area contributed by atoms with Gasteiger partial charge in [0.2, 0.25) is 0 Å². The maximum atomic E-state index is 13.7. The summed E-state index contributed by atoms with van der Waals surface area (Å²) in [6.07, 6.45) is 15.1. The fourth-order valence-electron chi connectivity index (χ4n) is 6.00. The van der Waals surface area contributed by atoms with Crippen LogP contribution >= 0.6 is 11.8 Å². The van der Waals surface area contributed by atoms with Gasteiger partial charge in [-0.2, -0.15) is 0 Å². The molecule has 1 aliphatic heterocycles. The van der Waals surface area contributed by atoms with Crippen molar-refractivity contribution < 1.29 is 9.59 Å². The highest BCUT2D eigenvalue weighted by Gasteiger charge is 2.40. The normalized spacial score (nSPS) is 24.3. The second-order valence-corrected chi connectivity index (χ2v) is 12.4. The number of thioether (sulfide) groups is 1. The average Bonchev–Trinajstić information content (AvgIpc) is 2.89. The Bertz CT molecular complexity index is 1100. The Morgan fingerprint density at radius 1 is 0.892 bits per heavy atom. The second kappa shape index (κ2) is 12.3. The molecule has 0 radical (unpaired) electrons. The van der Waals surface area contributed by atoms with E-state index in [9.17, 15) is 9.59 Å². The first kappa shape index (κ1) is 26.1. The van der Waals surface area contributed by atoms with E-state index in [0.29, 0.717) is 23.4 Å². The van der Waals surface area contributed by atoms with Crippen LogP contribution in [0.4, 0.5) is 0 Å². The maximum Gasteiger partial charge on any atom is 0.260 e. The summed E-state index contributed by atoms with van der Waals surface area (Å²) in [6.45, 7) is 2.76. The van der Waals surface area contributed by atoms with Gasteiger partial charge in [0.05, 0.1) is 4.91 Å². The smallest absolute Gasteiger partial charge is 0.260 e. The van der Waals surface area contributed by atoms with E-state index in [-0.39, 0.29) is 17.9 Å². The zero-order valence-electron chi connectivity index (χ0n) is 22.1. The number of fused-ring (bicyclic) bond motifs is 1. The predicted molar refractivity (Wildman–Crippen MR) is 153 cm³/mol. The molecule has 1 heterocycles. The summed E-state index contributed by atoms with van der Waals surface area (Å²) in [7, 11) is 0. The zero-order valence-corrected chi connectivity index (χ0v) is 22.9. The molecule has 2 aromatic carbocycles. The molecule has 3 fully saturated rings. The molecular formula is C32H40N2O2S. The third-order valence-electron chi connectivity index (χ3n) is 8.20. The zero-order chi connectivity index (χ0) is 25.6. The molecule has 2 aromatic rings. The van der Waals surface area contributed by atoms with Gasteiger partial charge in [-0.05, 0) is 61.9 Å². The molecule has 37 heavy (non-hydrogen) atoms. The Labute approximate surface area is 226 Å². The van der Waals surface area contributed by atoms with Crippen LogP contribution in [0.1, 0.15) is 97.7 Å². The van der Waals surface area contributed by atoms with Gasteiger partial charge < -0.3 is 10.2 Å². The summed E-state index contributed by atoms with van der Waals surface area (Å²) in [5.74, 6) is 0.155. The van der Waals surface area contributed by atoms with Crippen LogP contribution in [0.3, 0.4) is 0 Å². The predicted octanol–water partition coefficient (Wildman–Crippen LogP) is 7.27. The van der Waals surface area contributed by atoms with Crippen LogP contribution in [0.5, 0.6) is 0 Å². The standard InChI is InChI=1S/C32H40N2O2S/c1-23-13-15-25(16-14-23)22-34-28-11-7-8-12-29(28)37-30(32(34)36)21-24-17-19-26(20-18-24)31(35)33-27-9-5-3-2-4-6-10-27/h13-21,27-29H,2-12,22H2,1H3,(H,33,35)/b30-21+. The lowest BCUT2D eigenvalue weighted by atomic mass is 9.92. The number of hydrogen-bond acceptors (Lipinski definition) is 3. The van der Waals surface area contributed by atoms with Crippen LogP contribution < -0.4 is 5.32 Å². The van der Waals surface area contributed by atoms with E-state index in [1.165, 1.54) is 56.1 Å². The van der Waals surface area contributed by atoms with Crippen LogP contribution in [-0.2, 0) is 11.3 Å². The molecule has 4 nitrogen and oxygen atoms in total. The molecule has 1 N–H and O–H groups in total. The van der Waals surface area contributed by atoms with E-state index in [4.69, 9.17) is 0 Å². The van der Waals surface area contributed by atoms with Gasteiger partial charge in [0, 0.05) is 29.4 Å². The summed E-state index contributed by atoms with van der Waals surface area (Å²) >= 11 is 1.76. The van der Waals surface area contributed by atoms with Gasteiger partial charge in [0.1, 0.15) is 0 Å². The molecule has 3 aliphatic rings. The molecule has 0 spiro atoms. The van der Waals surface area contributed by atoms with E-state index in [1.807, 2.05) is 30.3 Å². The lowest BCUT2D eigenvalue weighted by molar-refractivity contribution is -0.130. The molecule has 2 saturated carbocycles. The Balaban J connectivity index is 1.29. The van der Waals surface area contributed by atoms with E-state index in [1.54, 1.807) is 11.8 Å². The second-order valence-electron chi connectivity index (χ2n) is 11.1. The van der Waals surface area contributed by atoms with Crippen LogP contribution in [0.25, 0.3) is 6.08 Å². The fourth-order valence-corrected chi connectivity index (χ4v) is 7.48. The molecule has 1 saturated heterocycles. The van der Waals surface area contributed by atoms with Gasteiger partial charge in [0.15, 0.2) is 0 Å². The van der Waals surface area contributed by atoms with Gasteiger partial charge in [-0.3, -0.25) is 9.59 Å². The van der Waals surface area contributed by atoms with Crippen molar-refractivity contribution in [1.29, 1.82) is 0 Å². The van der Waals surface area contributed by atoms with Gasteiger partial charge in [-0.25, -0.2) is 0 Å². The number of hydrogen-bond donors (Lipinski definition) is 1. The third kappa shape index (κ3) is 6.67. The molecule has 2 atom stereocenters. The fraction of sp³-hybridized carbons (Fsp3) is 0.500. The van der Waals surface area contributed by atoms with Crippen LogP contribution in [0.2, 0.25) is 0 Å². The summed E-state index contributed by atoms with van der Waals surface area (Å²) in [5.41, 5.74) is 4.10. The first-order valence-corrected chi connectivity index (χ1v) is 15.1. The summed E-state index contributed by atoms with van der Waals surface area (Å²) in [4.78, 5) is 29.5. The molecular weight excluding hydrogens is 476 g/mol. The monoisotopic (exact) mass is 516 g/mol. The molecule has 196 valence electrons. The number of carbonyl (C=O) groups excluding carboxylic acids is 2. The maximum absolute atomic E-state index is 13.7. The number of nitrogens with one attached hydrogen (secondary N) is 1. The summed E-state index contributed by atoms with van der Waals surface area (Å²) < 4.78 is 0. The van der Waals surface area contributed by atoms with Crippen molar-refractivity contribution in [3.8, 4) is 0 Å². The molecule has 2 amide bonds. The Morgan fingerprint density at radius 2 is 1.54 bits per heavy atom. The highest BCUT2D eigenvalue weighted by molar-refractivity contribution is 8.04. The Morgan fingerprint density at radius 3 is 2.27 bits per heavy atom. The average molecular weight is 517 g/mol. The summed E-state index contributed by atoms with van der Waals surface area (Å²) in [6, 6.07) is 16.9. The van der Waals surface area contributed by atoms with Gasteiger partial charge in [-0.15, -0.1) is 11.8 Å². The van der Waals surface area contributed by atoms with Crippen molar-refractivity contribution >= 4 is 29.7 Å². The van der Waals surface area contributed by atoms with Gasteiger partial charge >= 0.3 is 0 Å². The number of benzene rings is 2. The van der Waals surface area contributed by atoms with E-state index >= 15 is 0 Å². The number of nitrogens with zero attached hydrogens (tertiary/aromatic N) is 1. The number of carbonyl (C=O) groups is 2. The number of aryl methyl sites for hydroxylation is 1. The van der Waals surface area contributed by atoms with Crippen LogP contribution in [0, 0.1) is 6.92 Å². The van der Waals surface area contributed by atoms with Crippen molar-refractivity contribution in [3.63, 3.8) is 0 Å². The minimum atomic E-state index is 0.0159. The van der Waals surface area contributed by atoms with Gasteiger partial charge in [0.25, 0.3) is 11.8 Å². The summed E-state index contributed by atoms with van der Waals surface area (Å²) in [5, 5.41) is 3.71. The molecule has 0 aromatic heterocycles. The topological polar surface area (TPSA) is 49.4 Å². The molecule has 5 rings (SSSR count). The van der Waals surface area contributed by atoms with Gasteiger partial charge in [-0.1, -0.05) is 86.9 Å². The van der Waals surface area contributed by atoms with Crippen LogP contribution in [-0.4, -0.2) is 34.0 Å². The number of amides is 2. The quantitative estimate of drug-likeness (QED) is 0.425. The SMILES string of the molecule is Cc1ccc(CN2C(=O)/C(=C\c3ccc(C(=O)NC4CCCCCCC4)cc3)SC3CCCCC32)cc1. The first-order chi connectivity index (χ1) is 18.1. The molecule has 0 bridgehead atoms. The first-order valence-electron chi connectivity index (χ1n) is 14.2. The van der Waals surface area contributed by atoms with Crippen molar-refractivity contribution in [2.24, 2.45) is 0 Å². The molecule has 2 unspecified atom stereocenters. The lowest BCUT2D eigenvalue weighted by Gasteiger charge is -2.44. The minimum absolute atomic E-state index is 0.0159. The van der Waals surface area contributed by atoms with Crippen molar-refractivity contribution in [1.82, 2.24) is 10.2 Å². The van der Waals surface area contributed by atoms with Crippen molar-refractivity contribution in [2.45, 2.75) is 101 Å². The van der Waals surface area contributed by atoms with Crippen molar-refractivity contribution in [2.75, 3.05) is 0 Å². The largest absolute Gasteiger partial charge is 0.349 e. The number of rotatable bonds is 5.